The van der Waals surface area contributed by atoms with Crippen LogP contribution in [0.25, 0.3) is 0 Å². The van der Waals surface area contributed by atoms with E-state index in [1.807, 2.05) is 0 Å². The van der Waals surface area contributed by atoms with Gasteiger partial charge < -0.3 is 19.3 Å². The summed E-state index contributed by atoms with van der Waals surface area (Å²) < 4.78 is 14.3. The zero-order chi connectivity index (χ0) is 18.6. The third-order valence-electron chi connectivity index (χ3n) is 2.98. The van der Waals surface area contributed by atoms with Crippen LogP contribution in [0.4, 0.5) is 0 Å². The topological polar surface area (TPSA) is 116 Å². The molecule has 0 unspecified atom stereocenters. The highest BCUT2D eigenvalue weighted by atomic mass is 16.6. The summed E-state index contributed by atoms with van der Waals surface area (Å²) in [5.74, 6) is -3.58. The number of carboxylic acid groups (broad SMARTS) is 1. The van der Waals surface area contributed by atoms with E-state index >= 15 is 0 Å². The van der Waals surface area contributed by atoms with Crippen molar-refractivity contribution in [3.05, 3.63) is 24.3 Å². The molecule has 0 aliphatic carbocycles. The Balaban J connectivity index is 5.67. The maximum Gasteiger partial charge on any atom is 0.330 e. The summed E-state index contributed by atoms with van der Waals surface area (Å²) in [6.45, 7) is 3.21. The third kappa shape index (κ3) is 6.64. The lowest BCUT2D eigenvalue weighted by Gasteiger charge is -2.26. The first-order valence-electron chi connectivity index (χ1n) is 7.32. The van der Waals surface area contributed by atoms with Gasteiger partial charge in [-0.2, -0.15) is 0 Å². The molecule has 134 valence electrons. The molecule has 0 rings (SSSR count). The average Bonchev–Trinajstić information content (AvgIpc) is 2.53. The van der Waals surface area contributed by atoms with Crippen molar-refractivity contribution < 1.29 is 38.5 Å². The second-order valence-electron chi connectivity index (χ2n) is 4.60. The first-order valence-corrected chi connectivity index (χ1v) is 7.32. The number of hydrogen-bond donors (Lipinski definition) is 1. The Labute approximate surface area is 140 Å². The molecule has 0 spiro atoms. The number of rotatable bonds is 10. The van der Waals surface area contributed by atoms with Gasteiger partial charge in [0.25, 0.3) is 0 Å². The van der Waals surface area contributed by atoms with Crippen molar-refractivity contribution in [3.8, 4) is 0 Å². The maximum absolute atomic E-state index is 12.3. The van der Waals surface area contributed by atoms with Crippen LogP contribution in [0.5, 0.6) is 0 Å². The van der Waals surface area contributed by atoms with Crippen molar-refractivity contribution in [3.63, 3.8) is 0 Å². The van der Waals surface area contributed by atoms with E-state index in [1.165, 1.54) is 19.3 Å². The van der Waals surface area contributed by atoms with E-state index in [9.17, 15) is 19.2 Å². The lowest BCUT2D eigenvalue weighted by molar-refractivity contribution is -0.171. The Morgan fingerprint density at radius 2 is 1.38 bits per heavy atom. The van der Waals surface area contributed by atoms with Crippen LogP contribution in [-0.4, -0.2) is 49.3 Å². The smallest absolute Gasteiger partial charge is 0.330 e. The van der Waals surface area contributed by atoms with Crippen molar-refractivity contribution in [2.24, 2.45) is 5.41 Å². The van der Waals surface area contributed by atoms with E-state index in [1.54, 1.807) is 13.8 Å². The minimum atomic E-state index is -1.78. The van der Waals surface area contributed by atoms with Gasteiger partial charge in [-0.3, -0.25) is 9.59 Å². The number of ether oxygens (including phenoxy) is 3. The van der Waals surface area contributed by atoms with Gasteiger partial charge in [-0.1, -0.05) is 12.2 Å². The van der Waals surface area contributed by atoms with E-state index in [0.717, 1.165) is 12.2 Å². The zero-order valence-corrected chi connectivity index (χ0v) is 13.9. The Hall–Kier alpha value is -2.64. The number of allylic oxidation sites excluding steroid dienone is 2. The molecule has 0 aliphatic rings. The minimum Gasteiger partial charge on any atom is -0.478 e. The van der Waals surface area contributed by atoms with E-state index in [0.29, 0.717) is 0 Å². The Kier molecular flexibility index (Phi) is 9.77. The summed E-state index contributed by atoms with van der Waals surface area (Å²) in [5, 5.41) is 8.68. The molecule has 0 aromatic rings. The van der Waals surface area contributed by atoms with E-state index in [4.69, 9.17) is 14.6 Å². The first kappa shape index (κ1) is 21.4. The summed E-state index contributed by atoms with van der Waals surface area (Å²) in [6.07, 6.45) is 3.88. The van der Waals surface area contributed by atoms with Gasteiger partial charge in [0, 0.05) is 12.2 Å². The maximum atomic E-state index is 12.3. The molecule has 1 N–H and O–H groups in total. The first-order chi connectivity index (χ1) is 11.3. The molecule has 0 bridgehead atoms. The molecular formula is C16H22O8. The predicted molar refractivity (Wildman–Crippen MR) is 82.9 cm³/mol. The number of hydrogen-bond acceptors (Lipinski definition) is 7. The zero-order valence-electron chi connectivity index (χ0n) is 13.9. The minimum absolute atomic E-state index is 0.0311. The monoisotopic (exact) mass is 342 g/mol. The number of carboxylic acids is 1. The summed E-state index contributed by atoms with van der Waals surface area (Å²) >= 11 is 0. The molecule has 0 aromatic heterocycles. The molecule has 0 saturated carbocycles. The molecule has 0 fully saturated rings. The van der Waals surface area contributed by atoms with Crippen LogP contribution in [0.1, 0.15) is 26.7 Å². The standard InChI is InChI=1S/C16H22O8/c1-4-23-14(20)16(15(21)24-5-2,10-6-8-12(17)18)11-7-9-13(19)22-3/h6-9H,4-5,10-11H2,1-3H3,(H,17,18)/b8-6+,9-7+. The van der Waals surface area contributed by atoms with Crippen LogP contribution in [-0.2, 0) is 33.4 Å². The molecule has 8 nitrogen and oxygen atoms in total. The second-order valence-corrected chi connectivity index (χ2v) is 4.60. The SMILES string of the molecule is CCOC(=O)C(C/C=C/C(=O)O)(C/C=C/C(=O)OC)C(=O)OCC. The quantitative estimate of drug-likeness (QED) is 0.273. The lowest BCUT2D eigenvalue weighted by Crippen LogP contribution is -2.41. The third-order valence-corrected chi connectivity index (χ3v) is 2.98. The van der Waals surface area contributed by atoms with Crippen molar-refractivity contribution in [1.82, 2.24) is 0 Å². The van der Waals surface area contributed by atoms with Gasteiger partial charge in [0.15, 0.2) is 5.41 Å². The molecule has 0 heterocycles. The van der Waals surface area contributed by atoms with Gasteiger partial charge in [-0.05, 0) is 26.7 Å². The molecule has 0 aliphatic heterocycles. The molecule has 0 atom stereocenters. The molecule has 24 heavy (non-hydrogen) atoms. The Morgan fingerprint density at radius 1 is 0.917 bits per heavy atom. The highest BCUT2D eigenvalue weighted by molar-refractivity contribution is 6.00. The van der Waals surface area contributed by atoms with Gasteiger partial charge in [0.05, 0.1) is 20.3 Å². The number of aliphatic carboxylic acids is 1. The fourth-order valence-electron chi connectivity index (χ4n) is 1.82. The van der Waals surface area contributed by atoms with Gasteiger partial charge >= 0.3 is 23.9 Å². The number of carbonyl (C=O) groups excluding carboxylic acids is 3. The molecule has 0 amide bonds. The average molecular weight is 342 g/mol. The molecule has 8 heteroatoms. The highest BCUT2D eigenvalue weighted by Crippen LogP contribution is 2.32. The molecule has 0 aromatic carbocycles. The summed E-state index contributed by atoms with van der Waals surface area (Å²) in [4.78, 5) is 46.5. The number of esters is 3. The largest absolute Gasteiger partial charge is 0.478 e. The molecule has 0 radical (unpaired) electrons. The summed E-state index contributed by atoms with van der Waals surface area (Å²) in [7, 11) is 1.19. The van der Waals surface area contributed by atoms with Crippen molar-refractivity contribution >= 4 is 23.9 Å². The molecule has 0 saturated heterocycles. The van der Waals surface area contributed by atoms with Crippen LogP contribution >= 0.6 is 0 Å². The highest BCUT2D eigenvalue weighted by Gasteiger charge is 2.47. The number of carbonyl (C=O) groups is 4. The van der Waals surface area contributed by atoms with Crippen LogP contribution in [0, 0.1) is 5.41 Å². The fraction of sp³-hybridized carbons (Fsp3) is 0.500. The lowest BCUT2D eigenvalue weighted by atomic mass is 9.80. The molecular weight excluding hydrogens is 320 g/mol. The summed E-state index contributed by atoms with van der Waals surface area (Å²) in [6, 6.07) is 0. The van der Waals surface area contributed by atoms with Crippen molar-refractivity contribution in [2.75, 3.05) is 20.3 Å². The summed E-state index contributed by atoms with van der Waals surface area (Å²) in [5.41, 5.74) is -1.78. The van der Waals surface area contributed by atoms with E-state index < -0.39 is 29.3 Å². The Morgan fingerprint density at radius 3 is 1.75 bits per heavy atom. The van der Waals surface area contributed by atoms with Gasteiger partial charge in [-0.15, -0.1) is 0 Å². The fourth-order valence-corrected chi connectivity index (χ4v) is 1.82. The van der Waals surface area contributed by atoms with Gasteiger partial charge in [0.1, 0.15) is 0 Å². The van der Waals surface area contributed by atoms with Crippen molar-refractivity contribution in [2.45, 2.75) is 26.7 Å². The van der Waals surface area contributed by atoms with Crippen LogP contribution in [0.15, 0.2) is 24.3 Å². The van der Waals surface area contributed by atoms with Gasteiger partial charge in [0.2, 0.25) is 0 Å². The predicted octanol–water partition coefficient (Wildman–Crippen LogP) is 1.25. The van der Waals surface area contributed by atoms with Crippen LogP contribution < -0.4 is 0 Å². The van der Waals surface area contributed by atoms with Gasteiger partial charge in [-0.25, -0.2) is 9.59 Å². The second kappa shape index (κ2) is 11.0. The van der Waals surface area contributed by atoms with Crippen LogP contribution in [0.2, 0.25) is 0 Å². The van der Waals surface area contributed by atoms with E-state index in [-0.39, 0.29) is 26.1 Å². The van der Waals surface area contributed by atoms with Crippen molar-refractivity contribution in [1.29, 1.82) is 0 Å². The Bertz CT molecular complexity index is 500. The van der Waals surface area contributed by atoms with E-state index in [2.05, 4.69) is 4.74 Å². The normalized spacial score (nSPS) is 11.5. The van der Waals surface area contributed by atoms with Crippen LogP contribution in [0.3, 0.4) is 0 Å². The number of methoxy groups -OCH3 is 1.